The highest BCUT2D eigenvalue weighted by atomic mass is 16.2. The average Bonchev–Trinajstić information content (AvgIpc) is 3.04. The molecular weight excluding hydrogens is 214 g/mol. The van der Waals surface area contributed by atoms with Crippen LogP contribution < -0.4 is 5.73 Å². The third kappa shape index (κ3) is 2.80. The molecule has 2 atom stereocenters. The summed E-state index contributed by atoms with van der Waals surface area (Å²) in [4.78, 5) is 16.5. The van der Waals surface area contributed by atoms with Crippen LogP contribution in [0.1, 0.15) is 33.1 Å². The molecule has 4 nitrogen and oxygen atoms in total. The first kappa shape index (κ1) is 12.8. The Hall–Kier alpha value is -0.610. The molecule has 1 amide bonds. The zero-order chi connectivity index (χ0) is 12.6. The first-order valence-electron chi connectivity index (χ1n) is 6.77. The molecule has 0 aromatic rings. The van der Waals surface area contributed by atoms with Gasteiger partial charge in [-0.15, -0.1) is 0 Å². The van der Waals surface area contributed by atoms with Crippen LogP contribution in [-0.4, -0.2) is 54.0 Å². The highest BCUT2D eigenvalue weighted by Gasteiger charge is 2.43. The van der Waals surface area contributed by atoms with Gasteiger partial charge in [0, 0.05) is 38.3 Å². The minimum Gasteiger partial charge on any atom is -0.342 e. The summed E-state index contributed by atoms with van der Waals surface area (Å²) in [6, 6.07) is 1.17. The van der Waals surface area contributed by atoms with Crippen LogP contribution in [0.4, 0.5) is 0 Å². The molecule has 2 rings (SSSR count). The second kappa shape index (κ2) is 4.94. The van der Waals surface area contributed by atoms with Crippen molar-refractivity contribution >= 4 is 5.91 Å². The third-order valence-corrected chi connectivity index (χ3v) is 4.28. The predicted molar refractivity (Wildman–Crippen MR) is 68.6 cm³/mol. The Morgan fingerprint density at radius 3 is 2.29 bits per heavy atom. The summed E-state index contributed by atoms with van der Waals surface area (Å²) in [6.45, 7) is 6.68. The molecule has 4 heteroatoms. The van der Waals surface area contributed by atoms with E-state index < -0.39 is 0 Å². The van der Waals surface area contributed by atoms with Crippen molar-refractivity contribution in [2.45, 2.75) is 51.2 Å². The summed E-state index contributed by atoms with van der Waals surface area (Å²) in [5, 5.41) is 0. The Morgan fingerprint density at radius 2 is 1.88 bits per heavy atom. The van der Waals surface area contributed by atoms with E-state index in [0.717, 1.165) is 32.4 Å². The Labute approximate surface area is 104 Å². The largest absolute Gasteiger partial charge is 0.342 e. The molecule has 0 spiro atoms. The van der Waals surface area contributed by atoms with Gasteiger partial charge in [-0.2, -0.15) is 0 Å². The molecule has 2 N–H and O–H groups in total. The van der Waals surface area contributed by atoms with Crippen LogP contribution in [0.5, 0.6) is 0 Å². The number of amides is 1. The molecule has 1 saturated heterocycles. The van der Waals surface area contributed by atoms with Crippen molar-refractivity contribution < 1.29 is 4.79 Å². The molecule has 0 aromatic carbocycles. The first-order valence-corrected chi connectivity index (χ1v) is 6.77. The van der Waals surface area contributed by atoms with Gasteiger partial charge in [0.25, 0.3) is 0 Å². The molecule has 2 unspecified atom stereocenters. The molecule has 2 fully saturated rings. The predicted octanol–water partition coefficient (Wildman–Crippen LogP) is 0.665. The number of rotatable bonds is 3. The van der Waals surface area contributed by atoms with E-state index in [0.29, 0.717) is 12.1 Å². The van der Waals surface area contributed by atoms with Gasteiger partial charge in [-0.05, 0) is 33.1 Å². The fourth-order valence-electron chi connectivity index (χ4n) is 2.73. The van der Waals surface area contributed by atoms with Gasteiger partial charge in [0.15, 0.2) is 0 Å². The Morgan fingerprint density at radius 1 is 1.35 bits per heavy atom. The summed E-state index contributed by atoms with van der Waals surface area (Å²) in [6.07, 6.45) is 3.08. The molecular formula is C13H25N3O. The van der Waals surface area contributed by atoms with Crippen molar-refractivity contribution in [3.8, 4) is 0 Å². The number of carbonyl (C=O) groups excluding carboxylic acids is 1. The zero-order valence-corrected chi connectivity index (χ0v) is 11.2. The summed E-state index contributed by atoms with van der Waals surface area (Å²) in [5.74, 6) is 0.378. The molecule has 17 heavy (non-hydrogen) atoms. The van der Waals surface area contributed by atoms with Crippen LogP contribution in [0.3, 0.4) is 0 Å². The van der Waals surface area contributed by atoms with Gasteiger partial charge >= 0.3 is 0 Å². The van der Waals surface area contributed by atoms with Gasteiger partial charge in [-0.3, -0.25) is 4.79 Å². The lowest BCUT2D eigenvalue weighted by Gasteiger charge is -2.38. The lowest BCUT2D eigenvalue weighted by Crippen LogP contribution is -2.48. The first-order chi connectivity index (χ1) is 8.00. The fourth-order valence-corrected chi connectivity index (χ4v) is 2.73. The van der Waals surface area contributed by atoms with E-state index in [-0.39, 0.29) is 17.9 Å². The minimum absolute atomic E-state index is 0.114. The summed E-state index contributed by atoms with van der Waals surface area (Å²) >= 11 is 0. The van der Waals surface area contributed by atoms with Crippen molar-refractivity contribution in [3.63, 3.8) is 0 Å². The van der Waals surface area contributed by atoms with Gasteiger partial charge in [0.2, 0.25) is 5.91 Å². The lowest BCUT2D eigenvalue weighted by atomic mass is 10.0. The topological polar surface area (TPSA) is 49.6 Å². The number of hydrogen-bond acceptors (Lipinski definition) is 3. The van der Waals surface area contributed by atoms with Crippen molar-refractivity contribution in [3.05, 3.63) is 0 Å². The lowest BCUT2D eigenvalue weighted by molar-refractivity contribution is -0.134. The normalized spacial score (nSPS) is 30.6. The van der Waals surface area contributed by atoms with Gasteiger partial charge in [-0.1, -0.05) is 0 Å². The van der Waals surface area contributed by atoms with Crippen LogP contribution in [0.15, 0.2) is 0 Å². The maximum atomic E-state index is 12.1. The van der Waals surface area contributed by atoms with Gasteiger partial charge < -0.3 is 15.5 Å². The SMILES string of the molecule is CC(C)N1CCC(N(C)C(=O)C2CC2N)CC1. The second-order valence-corrected chi connectivity index (χ2v) is 5.82. The molecule has 1 aliphatic carbocycles. The summed E-state index contributed by atoms with van der Waals surface area (Å²) < 4.78 is 0. The van der Waals surface area contributed by atoms with E-state index in [4.69, 9.17) is 5.73 Å². The van der Waals surface area contributed by atoms with E-state index in [1.807, 2.05) is 11.9 Å². The molecule has 2 aliphatic rings. The summed E-state index contributed by atoms with van der Waals surface area (Å²) in [7, 11) is 1.95. The minimum atomic E-state index is 0.114. The maximum absolute atomic E-state index is 12.1. The number of likely N-dealkylation sites (tertiary alicyclic amines) is 1. The van der Waals surface area contributed by atoms with Crippen molar-refractivity contribution in [2.75, 3.05) is 20.1 Å². The van der Waals surface area contributed by atoms with Crippen LogP contribution in [0.25, 0.3) is 0 Å². The molecule has 0 aromatic heterocycles. The quantitative estimate of drug-likeness (QED) is 0.787. The Kier molecular flexibility index (Phi) is 3.73. The monoisotopic (exact) mass is 239 g/mol. The van der Waals surface area contributed by atoms with E-state index in [1.165, 1.54) is 0 Å². The van der Waals surface area contributed by atoms with Crippen LogP contribution in [-0.2, 0) is 4.79 Å². The van der Waals surface area contributed by atoms with E-state index in [1.54, 1.807) is 0 Å². The number of carbonyl (C=O) groups is 1. The van der Waals surface area contributed by atoms with Crippen molar-refractivity contribution in [2.24, 2.45) is 11.7 Å². The molecule has 1 saturated carbocycles. The Balaban J connectivity index is 1.82. The van der Waals surface area contributed by atoms with E-state index >= 15 is 0 Å². The average molecular weight is 239 g/mol. The van der Waals surface area contributed by atoms with Gasteiger partial charge in [-0.25, -0.2) is 0 Å². The third-order valence-electron chi connectivity index (χ3n) is 4.28. The number of nitrogens with zero attached hydrogens (tertiary/aromatic N) is 2. The van der Waals surface area contributed by atoms with Crippen molar-refractivity contribution in [1.82, 2.24) is 9.80 Å². The number of hydrogen-bond donors (Lipinski definition) is 1. The molecule has 0 bridgehead atoms. The zero-order valence-electron chi connectivity index (χ0n) is 11.2. The fraction of sp³-hybridized carbons (Fsp3) is 0.923. The Bertz CT molecular complexity index is 284. The van der Waals surface area contributed by atoms with Crippen molar-refractivity contribution in [1.29, 1.82) is 0 Å². The smallest absolute Gasteiger partial charge is 0.227 e. The number of nitrogens with two attached hydrogens (primary N) is 1. The van der Waals surface area contributed by atoms with Gasteiger partial charge in [0.05, 0.1) is 5.92 Å². The van der Waals surface area contributed by atoms with E-state index in [9.17, 15) is 4.79 Å². The van der Waals surface area contributed by atoms with Gasteiger partial charge in [0.1, 0.15) is 0 Å². The maximum Gasteiger partial charge on any atom is 0.227 e. The van der Waals surface area contributed by atoms with Crippen LogP contribution in [0, 0.1) is 5.92 Å². The van der Waals surface area contributed by atoms with E-state index in [2.05, 4.69) is 18.7 Å². The molecule has 1 aliphatic heterocycles. The molecule has 98 valence electrons. The molecule has 0 radical (unpaired) electrons. The highest BCUT2D eigenvalue weighted by Crippen LogP contribution is 2.31. The van der Waals surface area contributed by atoms with Crippen LogP contribution >= 0.6 is 0 Å². The molecule has 1 heterocycles. The van der Waals surface area contributed by atoms with Crippen LogP contribution in [0.2, 0.25) is 0 Å². The number of piperidine rings is 1. The summed E-state index contributed by atoms with van der Waals surface area (Å²) in [5.41, 5.74) is 5.74. The standard InChI is InChI=1S/C13H25N3O/c1-9(2)16-6-4-10(5-7-16)15(3)13(17)11-8-12(11)14/h9-12H,4-8,14H2,1-3H3. The second-order valence-electron chi connectivity index (χ2n) is 5.82. The highest BCUT2D eigenvalue weighted by molar-refractivity contribution is 5.82.